The number of halogens is 3. The van der Waals surface area contributed by atoms with Crippen LogP contribution in [0.15, 0.2) is 46.9 Å². The molecule has 0 saturated carbocycles. The van der Waals surface area contributed by atoms with Gasteiger partial charge in [0.1, 0.15) is 5.82 Å². The minimum absolute atomic E-state index is 0.0848. The number of hydrogen-bond donors (Lipinski definition) is 1. The summed E-state index contributed by atoms with van der Waals surface area (Å²) < 4.78 is 15.1. The van der Waals surface area contributed by atoms with Crippen LogP contribution in [0.3, 0.4) is 0 Å². The summed E-state index contributed by atoms with van der Waals surface area (Å²) >= 11 is 5.58. The normalized spacial score (nSPS) is 12.4. The van der Waals surface area contributed by atoms with Crippen LogP contribution in [-0.4, -0.2) is 6.54 Å². The molecule has 0 fully saturated rings. The third-order valence-electron chi connectivity index (χ3n) is 3.06. The summed E-state index contributed by atoms with van der Waals surface area (Å²) in [5.74, 6) is -0.231. The van der Waals surface area contributed by atoms with Gasteiger partial charge >= 0.3 is 0 Å². The third-order valence-corrected chi connectivity index (χ3v) is 4.34. The molecule has 1 unspecified atom stereocenters. The lowest BCUT2D eigenvalue weighted by atomic mass is 9.98. The smallest absolute Gasteiger partial charge is 0.137 e. The molecule has 0 spiro atoms. The average Bonchev–Trinajstić information content (AvgIpc) is 2.43. The van der Waals surface area contributed by atoms with E-state index in [9.17, 15) is 4.39 Å². The highest BCUT2D eigenvalue weighted by Gasteiger charge is 2.15. The summed E-state index contributed by atoms with van der Waals surface area (Å²) in [6, 6.07) is 13.7. The molecule has 0 aliphatic heterocycles. The van der Waals surface area contributed by atoms with Crippen molar-refractivity contribution in [2.24, 2.45) is 0 Å². The Kier molecular flexibility index (Phi) is 5.99. The Bertz CT molecular complexity index is 588. The zero-order chi connectivity index (χ0) is 14.5. The Morgan fingerprint density at radius 2 is 1.95 bits per heavy atom. The van der Waals surface area contributed by atoms with Crippen molar-refractivity contribution in [1.29, 1.82) is 0 Å². The lowest BCUT2D eigenvalue weighted by molar-refractivity contribution is 0.591. The van der Waals surface area contributed by atoms with Gasteiger partial charge in [-0.2, -0.15) is 0 Å². The van der Waals surface area contributed by atoms with Gasteiger partial charge in [0.15, 0.2) is 0 Å². The number of rotatable bonds is 5. The first-order chi connectivity index (χ1) is 9.61. The van der Waals surface area contributed by atoms with Crippen molar-refractivity contribution in [3.8, 4) is 0 Å². The standard InChI is InChI=1S/C16H16BrFIN/c1-2-8-20-16(11-4-3-5-13(19)9-11)12-6-7-15(18)14(17)10-12/h3-7,9-10,16,20H,2,8H2,1H3. The fraction of sp³-hybridized carbons (Fsp3) is 0.250. The van der Waals surface area contributed by atoms with Gasteiger partial charge in [0.05, 0.1) is 10.5 Å². The molecule has 2 rings (SSSR count). The molecule has 0 aromatic heterocycles. The Labute approximate surface area is 141 Å². The number of benzene rings is 2. The van der Waals surface area contributed by atoms with E-state index in [0.717, 1.165) is 18.5 Å². The molecule has 0 heterocycles. The van der Waals surface area contributed by atoms with Crippen molar-refractivity contribution in [2.75, 3.05) is 6.54 Å². The van der Waals surface area contributed by atoms with Gasteiger partial charge in [0.2, 0.25) is 0 Å². The van der Waals surface area contributed by atoms with E-state index < -0.39 is 0 Å². The summed E-state index contributed by atoms with van der Waals surface area (Å²) in [5, 5.41) is 3.53. The monoisotopic (exact) mass is 447 g/mol. The van der Waals surface area contributed by atoms with Gasteiger partial charge in [-0.05, 0) is 86.9 Å². The molecule has 1 N–H and O–H groups in total. The predicted octanol–water partition coefficient (Wildman–Crippen LogP) is 5.28. The third kappa shape index (κ3) is 4.02. The van der Waals surface area contributed by atoms with E-state index in [4.69, 9.17) is 0 Å². The Morgan fingerprint density at radius 3 is 2.60 bits per heavy atom. The highest BCUT2D eigenvalue weighted by Crippen LogP contribution is 2.27. The summed E-state index contributed by atoms with van der Waals surface area (Å²) in [7, 11) is 0. The molecule has 2 aromatic carbocycles. The van der Waals surface area contributed by atoms with E-state index in [1.165, 1.54) is 15.2 Å². The minimum Gasteiger partial charge on any atom is -0.306 e. The van der Waals surface area contributed by atoms with E-state index >= 15 is 0 Å². The van der Waals surface area contributed by atoms with Crippen LogP contribution in [0.1, 0.15) is 30.5 Å². The van der Waals surface area contributed by atoms with Gasteiger partial charge in [-0.1, -0.05) is 25.1 Å². The van der Waals surface area contributed by atoms with E-state index in [0.29, 0.717) is 4.47 Å². The topological polar surface area (TPSA) is 12.0 Å². The van der Waals surface area contributed by atoms with Gasteiger partial charge in [0.25, 0.3) is 0 Å². The van der Waals surface area contributed by atoms with Crippen molar-refractivity contribution in [2.45, 2.75) is 19.4 Å². The zero-order valence-corrected chi connectivity index (χ0v) is 14.9. The highest BCUT2D eigenvalue weighted by molar-refractivity contribution is 14.1. The summed E-state index contributed by atoms with van der Waals surface area (Å²) in [4.78, 5) is 0. The molecule has 0 amide bonds. The molecule has 0 aliphatic carbocycles. The van der Waals surface area contributed by atoms with Gasteiger partial charge in [-0.25, -0.2) is 4.39 Å². The molecule has 0 bridgehead atoms. The first-order valence-corrected chi connectivity index (χ1v) is 8.42. The largest absolute Gasteiger partial charge is 0.306 e. The molecule has 1 nitrogen and oxygen atoms in total. The molecular formula is C16H16BrFIN. The van der Waals surface area contributed by atoms with E-state index in [-0.39, 0.29) is 11.9 Å². The van der Waals surface area contributed by atoms with Crippen LogP contribution in [-0.2, 0) is 0 Å². The lowest BCUT2D eigenvalue weighted by Crippen LogP contribution is -2.23. The van der Waals surface area contributed by atoms with Gasteiger partial charge < -0.3 is 5.32 Å². The quantitative estimate of drug-likeness (QED) is 0.614. The minimum atomic E-state index is -0.231. The highest BCUT2D eigenvalue weighted by atomic mass is 127. The summed E-state index contributed by atoms with van der Waals surface area (Å²) in [5.41, 5.74) is 2.26. The molecule has 106 valence electrons. The van der Waals surface area contributed by atoms with Crippen molar-refractivity contribution in [3.63, 3.8) is 0 Å². The SMILES string of the molecule is CCCNC(c1cccc(I)c1)c1ccc(F)c(Br)c1. The van der Waals surface area contributed by atoms with Crippen LogP contribution in [0.2, 0.25) is 0 Å². The Balaban J connectivity index is 2.38. The van der Waals surface area contributed by atoms with Gasteiger partial charge in [0, 0.05) is 3.57 Å². The molecule has 1 atom stereocenters. The fourth-order valence-electron chi connectivity index (χ4n) is 2.09. The van der Waals surface area contributed by atoms with Crippen molar-refractivity contribution < 1.29 is 4.39 Å². The van der Waals surface area contributed by atoms with Crippen LogP contribution in [0, 0.1) is 9.39 Å². The Morgan fingerprint density at radius 1 is 1.20 bits per heavy atom. The fourth-order valence-corrected chi connectivity index (χ4v) is 3.06. The number of nitrogens with one attached hydrogen (secondary N) is 1. The number of hydrogen-bond acceptors (Lipinski definition) is 1. The summed E-state index contributed by atoms with van der Waals surface area (Å²) in [6.07, 6.45) is 1.06. The maximum absolute atomic E-state index is 13.4. The van der Waals surface area contributed by atoms with E-state index in [2.05, 4.69) is 75.0 Å². The second kappa shape index (κ2) is 7.52. The van der Waals surface area contributed by atoms with Crippen molar-refractivity contribution in [1.82, 2.24) is 5.32 Å². The Hall–Kier alpha value is -0.460. The maximum atomic E-state index is 13.4. The van der Waals surface area contributed by atoms with Gasteiger partial charge in [-0.3, -0.25) is 0 Å². The average molecular weight is 448 g/mol. The summed E-state index contributed by atoms with van der Waals surface area (Å²) in [6.45, 7) is 3.06. The van der Waals surface area contributed by atoms with Gasteiger partial charge in [-0.15, -0.1) is 0 Å². The molecule has 0 aliphatic rings. The van der Waals surface area contributed by atoms with E-state index in [1.54, 1.807) is 0 Å². The second-order valence-electron chi connectivity index (χ2n) is 4.62. The van der Waals surface area contributed by atoms with Crippen molar-refractivity contribution in [3.05, 3.63) is 67.5 Å². The molecule has 2 aromatic rings. The molecular weight excluding hydrogens is 432 g/mol. The van der Waals surface area contributed by atoms with Crippen LogP contribution in [0.4, 0.5) is 4.39 Å². The molecule has 4 heteroatoms. The van der Waals surface area contributed by atoms with Crippen LogP contribution < -0.4 is 5.32 Å². The molecule has 0 radical (unpaired) electrons. The van der Waals surface area contributed by atoms with Crippen LogP contribution >= 0.6 is 38.5 Å². The molecule has 20 heavy (non-hydrogen) atoms. The first-order valence-electron chi connectivity index (χ1n) is 6.55. The lowest BCUT2D eigenvalue weighted by Gasteiger charge is -2.20. The second-order valence-corrected chi connectivity index (χ2v) is 6.72. The van der Waals surface area contributed by atoms with Crippen molar-refractivity contribution >= 4 is 38.5 Å². The predicted molar refractivity (Wildman–Crippen MR) is 93.4 cm³/mol. The van der Waals surface area contributed by atoms with E-state index in [1.807, 2.05) is 12.1 Å². The van der Waals surface area contributed by atoms with Crippen LogP contribution in [0.25, 0.3) is 0 Å². The first kappa shape index (κ1) is 15.9. The van der Waals surface area contributed by atoms with Crippen LogP contribution in [0.5, 0.6) is 0 Å². The molecule has 0 saturated heterocycles. The maximum Gasteiger partial charge on any atom is 0.137 e. The zero-order valence-electron chi connectivity index (χ0n) is 11.2.